The van der Waals surface area contributed by atoms with Gasteiger partial charge < -0.3 is 15.5 Å². The molecule has 0 aliphatic heterocycles. The van der Waals surface area contributed by atoms with E-state index in [9.17, 15) is 4.79 Å². The maximum absolute atomic E-state index is 12.2. The van der Waals surface area contributed by atoms with E-state index in [0.717, 1.165) is 29.8 Å². The molecule has 2 heterocycles. The number of nitrogens with one attached hydrogen (secondary N) is 1. The van der Waals surface area contributed by atoms with Gasteiger partial charge in [0.2, 0.25) is 0 Å². The van der Waals surface area contributed by atoms with E-state index < -0.39 is 0 Å². The first-order chi connectivity index (χ1) is 9.78. The van der Waals surface area contributed by atoms with E-state index in [1.807, 2.05) is 6.07 Å². The summed E-state index contributed by atoms with van der Waals surface area (Å²) in [4.78, 5) is 16.6. The quantitative estimate of drug-likeness (QED) is 0.905. The van der Waals surface area contributed by atoms with Crippen LogP contribution in [0, 0.1) is 5.92 Å². The van der Waals surface area contributed by atoms with E-state index in [1.54, 1.807) is 17.9 Å². The van der Waals surface area contributed by atoms with Gasteiger partial charge >= 0.3 is 0 Å². The zero-order chi connectivity index (χ0) is 13.9. The van der Waals surface area contributed by atoms with Gasteiger partial charge in [0, 0.05) is 17.0 Å². The van der Waals surface area contributed by atoms with Crippen molar-refractivity contribution >= 4 is 17.2 Å². The summed E-state index contributed by atoms with van der Waals surface area (Å²) < 4.78 is 5.03. The molecule has 20 heavy (non-hydrogen) atoms. The van der Waals surface area contributed by atoms with Crippen LogP contribution in [0.5, 0.6) is 0 Å². The smallest absolute Gasteiger partial charge is 0.271 e. The molecule has 0 radical (unpaired) electrons. The third-order valence-corrected chi connectivity index (χ3v) is 4.67. The van der Waals surface area contributed by atoms with Crippen LogP contribution in [0.1, 0.15) is 29.8 Å². The van der Waals surface area contributed by atoms with Gasteiger partial charge in [-0.15, -0.1) is 11.3 Å². The van der Waals surface area contributed by atoms with E-state index in [4.69, 9.17) is 10.2 Å². The number of rotatable bonds is 4. The van der Waals surface area contributed by atoms with Crippen molar-refractivity contribution in [2.75, 3.05) is 6.54 Å². The Balaban J connectivity index is 1.68. The highest BCUT2D eigenvalue weighted by Gasteiger charge is 2.28. The Morgan fingerprint density at radius 3 is 3.20 bits per heavy atom. The Labute approximate surface area is 121 Å². The van der Waals surface area contributed by atoms with E-state index in [-0.39, 0.29) is 11.9 Å². The first-order valence-corrected chi connectivity index (χ1v) is 7.65. The number of nitrogens with two attached hydrogens (primary N) is 1. The van der Waals surface area contributed by atoms with Gasteiger partial charge in [-0.3, -0.25) is 4.79 Å². The van der Waals surface area contributed by atoms with Crippen LogP contribution >= 0.6 is 11.3 Å². The maximum Gasteiger partial charge on any atom is 0.271 e. The lowest BCUT2D eigenvalue weighted by atomic mass is 10.0. The van der Waals surface area contributed by atoms with Gasteiger partial charge in [0.05, 0.1) is 6.26 Å². The van der Waals surface area contributed by atoms with Crippen molar-refractivity contribution in [3.63, 3.8) is 0 Å². The average molecular weight is 291 g/mol. The summed E-state index contributed by atoms with van der Waals surface area (Å²) in [6.45, 7) is 0.627. The molecule has 0 bridgehead atoms. The van der Waals surface area contributed by atoms with Crippen molar-refractivity contribution < 1.29 is 9.21 Å². The summed E-state index contributed by atoms with van der Waals surface area (Å²) in [6.07, 6.45) is 6.46. The fourth-order valence-corrected chi connectivity index (χ4v) is 3.43. The minimum Gasteiger partial charge on any atom is -0.472 e. The van der Waals surface area contributed by atoms with Crippen LogP contribution in [0.2, 0.25) is 0 Å². The molecule has 2 aromatic heterocycles. The number of amides is 1. The van der Waals surface area contributed by atoms with Gasteiger partial charge in [-0.1, -0.05) is 6.42 Å². The second-order valence-corrected chi connectivity index (χ2v) is 5.91. The fraction of sp³-hybridized carbons (Fsp3) is 0.429. The molecule has 1 fully saturated rings. The van der Waals surface area contributed by atoms with Crippen molar-refractivity contribution in [3.05, 3.63) is 29.7 Å². The van der Waals surface area contributed by atoms with E-state index in [2.05, 4.69) is 10.3 Å². The average Bonchev–Trinajstić information content (AvgIpc) is 3.19. The molecule has 5 nitrogen and oxygen atoms in total. The Bertz CT molecular complexity index is 579. The lowest BCUT2D eigenvalue weighted by molar-refractivity contribution is 0.0924. The van der Waals surface area contributed by atoms with Gasteiger partial charge in [-0.05, 0) is 31.4 Å². The van der Waals surface area contributed by atoms with Crippen LogP contribution in [0.25, 0.3) is 10.6 Å². The van der Waals surface area contributed by atoms with Crippen molar-refractivity contribution in [1.82, 2.24) is 10.3 Å². The molecule has 3 rings (SSSR count). The summed E-state index contributed by atoms with van der Waals surface area (Å²) >= 11 is 1.44. The highest BCUT2D eigenvalue weighted by atomic mass is 32.1. The summed E-state index contributed by atoms with van der Waals surface area (Å²) in [5.74, 6) is 0.285. The predicted molar refractivity (Wildman–Crippen MR) is 77.5 cm³/mol. The van der Waals surface area contributed by atoms with Crippen LogP contribution < -0.4 is 11.1 Å². The van der Waals surface area contributed by atoms with Crippen LogP contribution in [-0.4, -0.2) is 23.5 Å². The third kappa shape index (κ3) is 2.62. The van der Waals surface area contributed by atoms with Gasteiger partial charge in [-0.25, -0.2) is 4.98 Å². The van der Waals surface area contributed by atoms with Crippen LogP contribution in [0.3, 0.4) is 0 Å². The molecule has 0 spiro atoms. The Kier molecular flexibility index (Phi) is 3.84. The molecular weight excluding hydrogens is 274 g/mol. The molecule has 1 amide bonds. The molecule has 0 aromatic carbocycles. The lowest BCUT2D eigenvalue weighted by Gasteiger charge is -2.18. The molecule has 1 aliphatic carbocycles. The zero-order valence-corrected chi connectivity index (χ0v) is 11.9. The minimum absolute atomic E-state index is 0.110. The predicted octanol–water partition coefficient (Wildman–Crippen LogP) is 2.26. The number of carbonyl (C=O) groups is 1. The van der Waals surface area contributed by atoms with Gasteiger partial charge in [0.1, 0.15) is 17.0 Å². The zero-order valence-electron chi connectivity index (χ0n) is 11.0. The highest BCUT2D eigenvalue weighted by Crippen LogP contribution is 2.26. The molecule has 2 aromatic rings. The molecule has 0 saturated heterocycles. The standard InChI is InChI=1S/C14H17N3O2S/c15-6-9-2-1-3-11(9)16-13(18)12-8-20-14(17-12)10-4-5-19-7-10/h4-5,7-9,11H,1-3,6,15H2,(H,16,18). The maximum atomic E-state index is 12.2. The van der Waals surface area contributed by atoms with E-state index in [0.29, 0.717) is 18.2 Å². The number of hydrogen-bond acceptors (Lipinski definition) is 5. The number of furan rings is 1. The topological polar surface area (TPSA) is 81.1 Å². The van der Waals surface area contributed by atoms with Crippen molar-refractivity contribution in [2.45, 2.75) is 25.3 Å². The largest absolute Gasteiger partial charge is 0.472 e. The Hall–Kier alpha value is -1.66. The van der Waals surface area contributed by atoms with Crippen LogP contribution in [-0.2, 0) is 0 Å². The number of aromatic nitrogens is 1. The van der Waals surface area contributed by atoms with Crippen molar-refractivity contribution in [1.29, 1.82) is 0 Å². The van der Waals surface area contributed by atoms with Crippen LogP contribution in [0.15, 0.2) is 28.4 Å². The number of carbonyl (C=O) groups excluding carboxylic acids is 1. The second-order valence-electron chi connectivity index (χ2n) is 5.06. The first-order valence-electron chi connectivity index (χ1n) is 6.77. The number of hydrogen-bond donors (Lipinski definition) is 2. The minimum atomic E-state index is -0.110. The summed E-state index contributed by atoms with van der Waals surface area (Å²) in [7, 11) is 0. The lowest BCUT2D eigenvalue weighted by Crippen LogP contribution is -2.40. The summed E-state index contributed by atoms with van der Waals surface area (Å²) in [5.41, 5.74) is 7.10. The fourth-order valence-electron chi connectivity index (χ4n) is 2.65. The monoisotopic (exact) mass is 291 g/mol. The number of thiazole rings is 1. The molecule has 1 aliphatic rings. The molecule has 106 valence electrons. The number of nitrogens with zero attached hydrogens (tertiary/aromatic N) is 1. The van der Waals surface area contributed by atoms with Crippen molar-refractivity contribution in [2.24, 2.45) is 11.7 Å². The normalized spacial score (nSPS) is 22.1. The SMILES string of the molecule is NCC1CCCC1NC(=O)c1csc(-c2ccoc2)n1. The summed E-state index contributed by atoms with van der Waals surface area (Å²) in [6, 6.07) is 2.02. The molecule has 6 heteroatoms. The van der Waals surface area contributed by atoms with Crippen LogP contribution in [0.4, 0.5) is 0 Å². The van der Waals surface area contributed by atoms with Gasteiger partial charge in [0.25, 0.3) is 5.91 Å². The van der Waals surface area contributed by atoms with Crippen molar-refractivity contribution in [3.8, 4) is 10.6 Å². The Morgan fingerprint density at radius 2 is 2.45 bits per heavy atom. The molecular formula is C14H17N3O2S. The van der Waals surface area contributed by atoms with E-state index >= 15 is 0 Å². The molecule has 2 unspecified atom stereocenters. The van der Waals surface area contributed by atoms with Gasteiger partial charge in [0.15, 0.2) is 0 Å². The summed E-state index contributed by atoms with van der Waals surface area (Å²) in [5, 5.41) is 5.64. The highest BCUT2D eigenvalue weighted by molar-refractivity contribution is 7.13. The molecule has 1 saturated carbocycles. The van der Waals surface area contributed by atoms with E-state index in [1.165, 1.54) is 11.3 Å². The first kappa shape index (κ1) is 13.3. The Morgan fingerprint density at radius 1 is 1.55 bits per heavy atom. The molecule has 2 atom stereocenters. The molecule has 3 N–H and O–H groups in total. The third-order valence-electron chi connectivity index (χ3n) is 3.78. The second kappa shape index (κ2) is 5.76. The van der Waals surface area contributed by atoms with Gasteiger partial charge in [-0.2, -0.15) is 0 Å².